The van der Waals surface area contributed by atoms with Gasteiger partial charge in [0.1, 0.15) is 0 Å². The van der Waals surface area contributed by atoms with Crippen LogP contribution in [-0.4, -0.2) is 29.7 Å². The summed E-state index contributed by atoms with van der Waals surface area (Å²) in [6, 6.07) is 0. The number of amides is 1. The van der Waals surface area contributed by atoms with Crippen LogP contribution in [0, 0.1) is 5.92 Å². The van der Waals surface area contributed by atoms with Crippen LogP contribution in [0.3, 0.4) is 0 Å². The topological polar surface area (TPSA) is 37.4 Å². The first-order chi connectivity index (χ1) is 6.59. The molecular formula is C11H19NO2. The molecule has 0 aromatic carbocycles. The summed E-state index contributed by atoms with van der Waals surface area (Å²) < 4.78 is 0. The molecule has 0 spiro atoms. The normalized spacial score (nSPS) is 17.2. The van der Waals surface area contributed by atoms with Crippen LogP contribution in [0.15, 0.2) is 0 Å². The molecule has 1 rings (SSSR count). The third-order valence-electron chi connectivity index (χ3n) is 2.53. The number of ketones is 1. The van der Waals surface area contributed by atoms with Gasteiger partial charge in [-0.1, -0.05) is 26.7 Å². The van der Waals surface area contributed by atoms with E-state index in [2.05, 4.69) is 13.8 Å². The van der Waals surface area contributed by atoms with Crippen molar-refractivity contribution in [3.05, 3.63) is 0 Å². The summed E-state index contributed by atoms with van der Waals surface area (Å²) in [6.07, 6.45) is 3.51. The standard InChI is InChI=1S/C11H19NO2/c1-9(2)5-3-4-6-12-8-10(13)7-11(12)14/h9H,3-8H2,1-2H3. The second-order valence-corrected chi connectivity index (χ2v) is 4.42. The zero-order chi connectivity index (χ0) is 10.6. The highest BCUT2D eigenvalue weighted by atomic mass is 16.2. The lowest BCUT2D eigenvalue weighted by atomic mass is 10.1. The van der Waals surface area contributed by atoms with Gasteiger partial charge in [0.05, 0.1) is 13.0 Å². The second-order valence-electron chi connectivity index (χ2n) is 4.42. The van der Waals surface area contributed by atoms with Gasteiger partial charge in [0.2, 0.25) is 5.91 Å². The van der Waals surface area contributed by atoms with Crippen molar-refractivity contribution >= 4 is 11.7 Å². The van der Waals surface area contributed by atoms with E-state index in [-0.39, 0.29) is 18.1 Å². The van der Waals surface area contributed by atoms with Gasteiger partial charge < -0.3 is 4.90 Å². The first-order valence-electron chi connectivity index (χ1n) is 5.39. The molecule has 0 bridgehead atoms. The molecule has 3 nitrogen and oxygen atoms in total. The molecule has 0 aromatic rings. The summed E-state index contributed by atoms with van der Waals surface area (Å²) in [5.41, 5.74) is 0. The Balaban J connectivity index is 2.13. The van der Waals surface area contributed by atoms with Crippen LogP contribution in [0.2, 0.25) is 0 Å². The van der Waals surface area contributed by atoms with Gasteiger partial charge >= 0.3 is 0 Å². The molecule has 80 valence electrons. The molecular weight excluding hydrogens is 178 g/mol. The number of nitrogens with zero attached hydrogens (tertiary/aromatic N) is 1. The van der Waals surface area contributed by atoms with Crippen molar-refractivity contribution in [1.82, 2.24) is 4.90 Å². The first-order valence-corrected chi connectivity index (χ1v) is 5.39. The van der Waals surface area contributed by atoms with E-state index >= 15 is 0 Å². The van der Waals surface area contributed by atoms with E-state index in [0.29, 0.717) is 6.54 Å². The maximum atomic E-state index is 11.2. The molecule has 0 radical (unpaired) electrons. The predicted molar refractivity (Wildman–Crippen MR) is 54.9 cm³/mol. The summed E-state index contributed by atoms with van der Waals surface area (Å²) in [5.74, 6) is 0.810. The number of unbranched alkanes of at least 4 members (excludes halogenated alkanes) is 1. The van der Waals surface area contributed by atoms with E-state index in [1.54, 1.807) is 4.90 Å². The van der Waals surface area contributed by atoms with E-state index in [1.165, 1.54) is 6.42 Å². The minimum absolute atomic E-state index is 0.0135. The average molecular weight is 197 g/mol. The Morgan fingerprint density at radius 3 is 2.50 bits per heavy atom. The smallest absolute Gasteiger partial charge is 0.230 e. The van der Waals surface area contributed by atoms with Crippen LogP contribution in [0.4, 0.5) is 0 Å². The Morgan fingerprint density at radius 2 is 2.00 bits per heavy atom. The minimum atomic E-state index is 0.0135. The third kappa shape index (κ3) is 3.48. The fourth-order valence-electron chi connectivity index (χ4n) is 1.70. The molecule has 1 amide bonds. The zero-order valence-electron chi connectivity index (χ0n) is 9.08. The van der Waals surface area contributed by atoms with Crippen molar-refractivity contribution in [1.29, 1.82) is 0 Å². The highest BCUT2D eigenvalue weighted by molar-refractivity contribution is 6.05. The van der Waals surface area contributed by atoms with Gasteiger partial charge in [-0.25, -0.2) is 0 Å². The lowest BCUT2D eigenvalue weighted by Gasteiger charge is -2.14. The number of hydrogen-bond donors (Lipinski definition) is 0. The molecule has 1 aliphatic rings. The van der Waals surface area contributed by atoms with Crippen molar-refractivity contribution in [2.24, 2.45) is 5.92 Å². The molecule has 1 fully saturated rings. The highest BCUT2D eigenvalue weighted by Gasteiger charge is 2.26. The zero-order valence-corrected chi connectivity index (χ0v) is 9.08. The molecule has 1 aliphatic heterocycles. The lowest BCUT2D eigenvalue weighted by molar-refractivity contribution is -0.127. The molecule has 1 saturated heterocycles. The molecule has 0 aromatic heterocycles. The largest absolute Gasteiger partial charge is 0.335 e. The monoisotopic (exact) mass is 197 g/mol. The van der Waals surface area contributed by atoms with Crippen molar-refractivity contribution < 1.29 is 9.59 Å². The Bertz CT molecular complexity index is 223. The summed E-state index contributed by atoms with van der Waals surface area (Å²) in [4.78, 5) is 23.8. The Hall–Kier alpha value is -0.860. The molecule has 0 N–H and O–H groups in total. The molecule has 14 heavy (non-hydrogen) atoms. The van der Waals surface area contributed by atoms with Gasteiger partial charge in [-0.05, 0) is 12.3 Å². The van der Waals surface area contributed by atoms with Crippen LogP contribution >= 0.6 is 0 Å². The van der Waals surface area contributed by atoms with Gasteiger partial charge in [0.25, 0.3) is 0 Å². The van der Waals surface area contributed by atoms with Crippen molar-refractivity contribution in [2.75, 3.05) is 13.1 Å². The summed E-state index contributed by atoms with van der Waals surface area (Å²) in [5, 5.41) is 0. The molecule has 0 aliphatic carbocycles. The van der Waals surface area contributed by atoms with Crippen LogP contribution < -0.4 is 0 Å². The Labute approximate surface area is 85.5 Å². The van der Waals surface area contributed by atoms with Gasteiger partial charge in [0.15, 0.2) is 5.78 Å². The van der Waals surface area contributed by atoms with E-state index < -0.39 is 0 Å². The van der Waals surface area contributed by atoms with Crippen molar-refractivity contribution in [3.8, 4) is 0 Å². The molecule has 3 heteroatoms. The number of Topliss-reactive ketones (excluding diaryl/α,β-unsaturated/α-hetero) is 1. The van der Waals surface area contributed by atoms with E-state index in [1.807, 2.05) is 0 Å². The Morgan fingerprint density at radius 1 is 1.29 bits per heavy atom. The SMILES string of the molecule is CC(C)CCCCN1CC(=O)CC1=O. The molecule has 1 heterocycles. The number of carbonyl (C=O) groups is 2. The number of rotatable bonds is 5. The lowest BCUT2D eigenvalue weighted by Crippen LogP contribution is -2.26. The summed E-state index contributed by atoms with van der Waals surface area (Å²) >= 11 is 0. The molecule has 0 unspecified atom stereocenters. The molecule has 0 saturated carbocycles. The Kier molecular flexibility index (Phi) is 4.11. The summed E-state index contributed by atoms with van der Waals surface area (Å²) in [7, 11) is 0. The average Bonchev–Trinajstić information content (AvgIpc) is 2.39. The number of carbonyl (C=O) groups excluding carboxylic acids is 2. The van der Waals surface area contributed by atoms with Crippen LogP contribution in [0.5, 0.6) is 0 Å². The maximum Gasteiger partial charge on any atom is 0.230 e. The quantitative estimate of drug-likeness (QED) is 0.496. The van der Waals surface area contributed by atoms with Gasteiger partial charge in [0, 0.05) is 6.54 Å². The van der Waals surface area contributed by atoms with Crippen LogP contribution in [0.25, 0.3) is 0 Å². The number of likely N-dealkylation sites (tertiary alicyclic amines) is 1. The fraction of sp³-hybridized carbons (Fsp3) is 0.818. The van der Waals surface area contributed by atoms with Gasteiger partial charge in [-0.3, -0.25) is 9.59 Å². The van der Waals surface area contributed by atoms with Crippen molar-refractivity contribution in [3.63, 3.8) is 0 Å². The maximum absolute atomic E-state index is 11.2. The summed E-state index contributed by atoms with van der Waals surface area (Å²) in [6.45, 7) is 5.51. The van der Waals surface area contributed by atoms with Crippen LogP contribution in [-0.2, 0) is 9.59 Å². The molecule has 0 atom stereocenters. The minimum Gasteiger partial charge on any atom is -0.335 e. The van der Waals surface area contributed by atoms with Gasteiger partial charge in [-0.15, -0.1) is 0 Å². The van der Waals surface area contributed by atoms with Crippen LogP contribution in [0.1, 0.15) is 39.5 Å². The van der Waals surface area contributed by atoms with E-state index in [9.17, 15) is 9.59 Å². The van der Waals surface area contributed by atoms with E-state index in [0.717, 1.165) is 25.3 Å². The first kappa shape index (κ1) is 11.2. The van der Waals surface area contributed by atoms with E-state index in [4.69, 9.17) is 0 Å². The highest BCUT2D eigenvalue weighted by Crippen LogP contribution is 2.10. The number of hydrogen-bond acceptors (Lipinski definition) is 2. The predicted octanol–water partition coefficient (Wildman–Crippen LogP) is 1.61. The fourth-order valence-corrected chi connectivity index (χ4v) is 1.70. The van der Waals surface area contributed by atoms with Gasteiger partial charge in [-0.2, -0.15) is 0 Å². The van der Waals surface area contributed by atoms with Crippen molar-refractivity contribution in [2.45, 2.75) is 39.5 Å². The second kappa shape index (κ2) is 5.13. The third-order valence-corrected chi connectivity index (χ3v) is 2.53.